The normalized spacial score (nSPS) is 19.7. The zero-order valence-electron chi connectivity index (χ0n) is 15.2. The summed E-state index contributed by atoms with van der Waals surface area (Å²) in [6.45, 7) is 6.36. The summed E-state index contributed by atoms with van der Waals surface area (Å²) in [5.41, 5.74) is 5.71. The number of anilines is 2. The second-order valence-electron chi connectivity index (χ2n) is 7.19. The van der Waals surface area contributed by atoms with Gasteiger partial charge in [-0.25, -0.2) is 0 Å². The number of amidine groups is 1. The van der Waals surface area contributed by atoms with Crippen LogP contribution in [0.3, 0.4) is 0 Å². The van der Waals surface area contributed by atoms with Crippen LogP contribution in [0.15, 0.2) is 41.4 Å². The van der Waals surface area contributed by atoms with Crippen molar-refractivity contribution in [3.8, 4) is 0 Å². The van der Waals surface area contributed by atoms with Gasteiger partial charge in [0.25, 0.3) is 0 Å². The van der Waals surface area contributed by atoms with E-state index in [4.69, 9.17) is 21.3 Å². The standard InChI is InChI=1S/C21H24ClN3O/c1-14-6-7-15(2)19-18(14)24-20(21(25-19)8-10-26-11-9-21)23-13-16-4-3-5-17(22)12-16/h3-7,12,25H,8-11,13H2,1-2H3,(H,23,24). The van der Waals surface area contributed by atoms with Crippen LogP contribution in [0.1, 0.15) is 29.5 Å². The summed E-state index contributed by atoms with van der Waals surface area (Å²) in [6.07, 6.45) is 1.81. The number of benzene rings is 2. The lowest BCUT2D eigenvalue weighted by atomic mass is 9.85. The highest BCUT2D eigenvalue weighted by Crippen LogP contribution is 2.40. The number of rotatable bonds is 2. The van der Waals surface area contributed by atoms with Gasteiger partial charge in [-0.3, -0.25) is 4.99 Å². The van der Waals surface area contributed by atoms with Gasteiger partial charge in [0.2, 0.25) is 0 Å². The topological polar surface area (TPSA) is 45.7 Å². The Morgan fingerprint density at radius 3 is 2.54 bits per heavy atom. The molecule has 0 bridgehead atoms. The molecule has 0 aliphatic carbocycles. The first kappa shape index (κ1) is 17.4. The molecule has 2 aliphatic rings. The average molecular weight is 370 g/mol. The fourth-order valence-corrected chi connectivity index (χ4v) is 3.96. The van der Waals surface area contributed by atoms with Crippen molar-refractivity contribution < 1.29 is 4.74 Å². The van der Waals surface area contributed by atoms with E-state index >= 15 is 0 Å². The van der Waals surface area contributed by atoms with E-state index in [1.807, 2.05) is 18.2 Å². The molecule has 2 aromatic carbocycles. The Bertz CT molecular complexity index is 856. The molecule has 0 aromatic heterocycles. The highest BCUT2D eigenvalue weighted by molar-refractivity contribution is 6.30. The van der Waals surface area contributed by atoms with Crippen molar-refractivity contribution in [3.63, 3.8) is 0 Å². The Kier molecular flexibility index (Phi) is 4.63. The van der Waals surface area contributed by atoms with Gasteiger partial charge in [-0.05, 0) is 42.7 Å². The maximum atomic E-state index is 6.12. The summed E-state index contributed by atoms with van der Waals surface area (Å²) in [4.78, 5) is 4.97. The number of fused-ring (bicyclic) bond motifs is 1. The molecule has 26 heavy (non-hydrogen) atoms. The van der Waals surface area contributed by atoms with E-state index in [9.17, 15) is 0 Å². The number of hydrogen-bond donors (Lipinski definition) is 2. The van der Waals surface area contributed by atoms with Gasteiger partial charge in [-0.15, -0.1) is 0 Å². The second kappa shape index (κ2) is 6.93. The fraction of sp³-hybridized carbons (Fsp3) is 0.381. The molecule has 0 saturated carbocycles. The van der Waals surface area contributed by atoms with Crippen LogP contribution in [0.2, 0.25) is 5.02 Å². The van der Waals surface area contributed by atoms with Crippen molar-refractivity contribution in [2.24, 2.45) is 4.99 Å². The number of nitrogens with one attached hydrogen (secondary N) is 2. The summed E-state index contributed by atoms with van der Waals surface area (Å²) < 4.78 is 5.63. The number of ether oxygens (including phenoxy) is 1. The predicted molar refractivity (Wildman–Crippen MR) is 109 cm³/mol. The molecule has 0 radical (unpaired) electrons. The van der Waals surface area contributed by atoms with Crippen molar-refractivity contribution in [3.05, 3.63) is 58.1 Å². The molecule has 2 aromatic rings. The first-order chi connectivity index (χ1) is 12.6. The number of halogens is 1. The molecule has 0 atom stereocenters. The first-order valence-electron chi connectivity index (χ1n) is 9.10. The molecule has 2 aliphatic heterocycles. The Balaban J connectivity index is 1.72. The smallest absolute Gasteiger partial charge is 0.127 e. The van der Waals surface area contributed by atoms with E-state index in [1.54, 1.807) is 0 Å². The van der Waals surface area contributed by atoms with Crippen molar-refractivity contribution >= 4 is 28.8 Å². The molecule has 2 N–H and O–H groups in total. The van der Waals surface area contributed by atoms with Crippen LogP contribution >= 0.6 is 11.6 Å². The monoisotopic (exact) mass is 369 g/mol. The third-order valence-corrected chi connectivity index (χ3v) is 5.57. The van der Waals surface area contributed by atoms with Crippen LogP contribution in [-0.4, -0.2) is 24.6 Å². The quantitative estimate of drug-likeness (QED) is 0.787. The van der Waals surface area contributed by atoms with Crippen LogP contribution in [0.5, 0.6) is 0 Å². The Morgan fingerprint density at radius 1 is 1.08 bits per heavy atom. The van der Waals surface area contributed by atoms with E-state index in [1.165, 1.54) is 16.8 Å². The summed E-state index contributed by atoms with van der Waals surface area (Å²) in [7, 11) is 0. The summed E-state index contributed by atoms with van der Waals surface area (Å²) >= 11 is 6.12. The van der Waals surface area contributed by atoms with Crippen LogP contribution < -0.4 is 10.6 Å². The molecule has 5 heteroatoms. The lowest BCUT2D eigenvalue weighted by Gasteiger charge is -2.44. The number of nitrogens with zero attached hydrogens (tertiary/aromatic N) is 1. The molecule has 1 fully saturated rings. The van der Waals surface area contributed by atoms with Gasteiger partial charge in [0, 0.05) is 31.1 Å². The van der Waals surface area contributed by atoms with Crippen LogP contribution in [-0.2, 0) is 11.3 Å². The second-order valence-corrected chi connectivity index (χ2v) is 7.63. The van der Waals surface area contributed by atoms with Crippen LogP contribution in [0, 0.1) is 13.8 Å². The van der Waals surface area contributed by atoms with E-state index in [0.717, 1.165) is 48.2 Å². The number of aryl methyl sites for hydroxylation is 2. The van der Waals surface area contributed by atoms with Gasteiger partial charge >= 0.3 is 0 Å². The highest BCUT2D eigenvalue weighted by Gasteiger charge is 2.42. The largest absolute Gasteiger partial charge is 0.381 e. The molecule has 0 unspecified atom stereocenters. The number of aliphatic imine (C=N–C) groups is 1. The van der Waals surface area contributed by atoms with E-state index in [2.05, 4.69) is 42.7 Å². The van der Waals surface area contributed by atoms with Crippen molar-refractivity contribution in [2.75, 3.05) is 23.8 Å². The van der Waals surface area contributed by atoms with Crippen molar-refractivity contribution in [2.45, 2.75) is 38.8 Å². The molecule has 0 amide bonds. The minimum atomic E-state index is -0.192. The molecule has 1 saturated heterocycles. The SMILES string of the molecule is Cc1ccc(C)c2c1NC(=NCc1cccc(Cl)c1)C1(CCOCC1)N2. The zero-order valence-corrected chi connectivity index (χ0v) is 16.0. The molecule has 4 nitrogen and oxygen atoms in total. The molecular formula is C21H24ClN3O. The van der Waals surface area contributed by atoms with Crippen LogP contribution in [0.25, 0.3) is 0 Å². The molecule has 4 rings (SSSR count). The average Bonchev–Trinajstić information content (AvgIpc) is 2.64. The summed E-state index contributed by atoms with van der Waals surface area (Å²) in [5.74, 6) is 1.00. The Hall–Kier alpha value is -2.04. The fourth-order valence-electron chi connectivity index (χ4n) is 3.75. The molecule has 1 spiro atoms. The van der Waals surface area contributed by atoms with E-state index in [0.29, 0.717) is 6.54 Å². The minimum absolute atomic E-state index is 0.192. The van der Waals surface area contributed by atoms with Gasteiger partial charge in [0.1, 0.15) is 5.84 Å². The van der Waals surface area contributed by atoms with Crippen LogP contribution in [0.4, 0.5) is 11.4 Å². The van der Waals surface area contributed by atoms with Crippen molar-refractivity contribution in [1.82, 2.24) is 0 Å². The van der Waals surface area contributed by atoms with Gasteiger partial charge in [-0.1, -0.05) is 35.9 Å². The maximum absolute atomic E-state index is 6.12. The number of hydrogen-bond acceptors (Lipinski definition) is 3. The third kappa shape index (κ3) is 3.19. The lowest BCUT2D eigenvalue weighted by Crippen LogP contribution is -2.56. The molecule has 136 valence electrons. The first-order valence-corrected chi connectivity index (χ1v) is 9.48. The van der Waals surface area contributed by atoms with Crippen molar-refractivity contribution in [1.29, 1.82) is 0 Å². The Morgan fingerprint density at radius 2 is 1.81 bits per heavy atom. The van der Waals surface area contributed by atoms with Gasteiger partial charge in [0.15, 0.2) is 0 Å². The summed E-state index contributed by atoms with van der Waals surface area (Å²) in [6, 6.07) is 12.2. The molecule has 2 heterocycles. The molecular weight excluding hydrogens is 346 g/mol. The van der Waals surface area contributed by atoms with Gasteiger partial charge in [-0.2, -0.15) is 0 Å². The van der Waals surface area contributed by atoms with Gasteiger partial charge in [0.05, 0.1) is 23.5 Å². The minimum Gasteiger partial charge on any atom is -0.381 e. The third-order valence-electron chi connectivity index (χ3n) is 5.34. The predicted octanol–water partition coefficient (Wildman–Crippen LogP) is 4.94. The Labute approximate surface area is 159 Å². The zero-order chi connectivity index (χ0) is 18.1. The van der Waals surface area contributed by atoms with E-state index < -0.39 is 0 Å². The lowest BCUT2D eigenvalue weighted by molar-refractivity contribution is 0.0778. The highest BCUT2D eigenvalue weighted by atomic mass is 35.5. The van der Waals surface area contributed by atoms with E-state index in [-0.39, 0.29) is 5.54 Å². The maximum Gasteiger partial charge on any atom is 0.127 e. The summed E-state index contributed by atoms with van der Waals surface area (Å²) in [5, 5.41) is 8.22. The van der Waals surface area contributed by atoms with Gasteiger partial charge < -0.3 is 15.4 Å².